The van der Waals surface area contributed by atoms with Crippen molar-refractivity contribution in [2.75, 3.05) is 19.6 Å². The molecule has 1 aliphatic rings. The first-order chi connectivity index (χ1) is 12.6. The number of carbonyl (C=O) groups excluding carboxylic acids is 2. The summed E-state index contributed by atoms with van der Waals surface area (Å²) < 4.78 is 0. The minimum atomic E-state index is 0.0195. The van der Waals surface area contributed by atoms with Crippen LogP contribution in [0.3, 0.4) is 0 Å². The predicted octanol–water partition coefficient (Wildman–Crippen LogP) is 3.26. The number of benzene rings is 2. The number of nitrogens with one attached hydrogen (secondary N) is 1. The van der Waals surface area contributed by atoms with E-state index in [4.69, 9.17) is 0 Å². The molecule has 136 valence electrons. The maximum atomic E-state index is 12.5. The van der Waals surface area contributed by atoms with Crippen molar-refractivity contribution in [3.8, 4) is 0 Å². The summed E-state index contributed by atoms with van der Waals surface area (Å²) in [7, 11) is 0. The zero-order valence-electron chi connectivity index (χ0n) is 15.3. The number of rotatable bonds is 7. The molecule has 4 nitrogen and oxygen atoms in total. The number of carbonyl (C=O) groups is 2. The van der Waals surface area contributed by atoms with Crippen LogP contribution in [0.15, 0.2) is 54.6 Å². The van der Waals surface area contributed by atoms with Crippen LogP contribution in [-0.4, -0.2) is 36.3 Å². The Morgan fingerprint density at radius 2 is 1.77 bits per heavy atom. The molecule has 1 N–H and O–H groups in total. The second-order valence-corrected chi connectivity index (χ2v) is 6.91. The van der Waals surface area contributed by atoms with E-state index in [9.17, 15) is 9.59 Å². The van der Waals surface area contributed by atoms with Gasteiger partial charge in [0.1, 0.15) is 0 Å². The van der Waals surface area contributed by atoms with Gasteiger partial charge in [0.05, 0.1) is 0 Å². The average molecular weight is 350 g/mol. The summed E-state index contributed by atoms with van der Waals surface area (Å²) in [5.74, 6) is 0.248. The Kier molecular flexibility index (Phi) is 6.05. The minimum absolute atomic E-state index is 0.0195. The minimum Gasteiger partial charge on any atom is -0.354 e. The largest absolute Gasteiger partial charge is 0.354 e. The highest BCUT2D eigenvalue weighted by atomic mass is 16.2. The van der Waals surface area contributed by atoms with Gasteiger partial charge in [0.15, 0.2) is 0 Å². The molecule has 0 saturated carbocycles. The first-order valence-electron chi connectivity index (χ1n) is 9.29. The predicted molar refractivity (Wildman–Crippen MR) is 103 cm³/mol. The second kappa shape index (κ2) is 8.65. The maximum Gasteiger partial charge on any atom is 0.222 e. The fraction of sp³-hybridized carbons (Fsp3) is 0.364. The van der Waals surface area contributed by atoms with Gasteiger partial charge < -0.3 is 10.2 Å². The summed E-state index contributed by atoms with van der Waals surface area (Å²) in [6.45, 7) is 3.99. The lowest BCUT2D eigenvalue weighted by Crippen LogP contribution is -2.36. The molecular weight excluding hydrogens is 324 g/mol. The van der Waals surface area contributed by atoms with Gasteiger partial charge in [-0.25, -0.2) is 0 Å². The summed E-state index contributed by atoms with van der Waals surface area (Å²) in [4.78, 5) is 26.0. The van der Waals surface area contributed by atoms with Gasteiger partial charge in [-0.3, -0.25) is 9.59 Å². The van der Waals surface area contributed by atoms with Crippen LogP contribution < -0.4 is 5.32 Å². The normalized spacial score (nSPS) is 15.1. The Labute approximate surface area is 155 Å². The van der Waals surface area contributed by atoms with Crippen LogP contribution in [0.25, 0.3) is 0 Å². The summed E-state index contributed by atoms with van der Waals surface area (Å²) in [6.07, 6.45) is 1.97. The monoisotopic (exact) mass is 350 g/mol. The lowest BCUT2D eigenvalue weighted by Gasteiger charge is -2.19. The molecule has 4 heteroatoms. The zero-order chi connectivity index (χ0) is 18.4. The van der Waals surface area contributed by atoms with E-state index in [1.54, 1.807) is 0 Å². The molecule has 2 aromatic carbocycles. The summed E-state index contributed by atoms with van der Waals surface area (Å²) >= 11 is 0. The number of nitrogens with zero attached hydrogens (tertiary/aromatic N) is 1. The van der Waals surface area contributed by atoms with Crippen LogP contribution in [0.5, 0.6) is 0 Å². The molecule has 1 aliphatic heterocycles. The maximum absolute atomic E-state index is 12.5. The van der Waals surface area contributed by atoms with E-state index in [0.717, 1.165) is 24.1 Å². The van der Waals surface area contributed by atoms with Crippen LogP contribution in [0, 0.1) is 6.92 Å². The quantitative estimate of drug-likeness (QED) is 0.833. The Balaban J connectivity index is 1.62. The standard InChI is InChI=1S/C22H26N2O2/c1-17-9-11-19(12-10-17)20(18-6-3-2-4-7-18)16-21(25)23-13-15-24-14-5-8-22(24)26/h2-4,6-7,9-12,20H,5,8,13-16H2,1H3,(H,23,25)/t20-/m0/s1. The summed E-state index contributed by atoms with van der Waals surface area (Å²) in [6, 6.07) is 18.5. The molecule has 1 atom stereocenters. The van der Waals surface area contributed by atoms with Gasteiger partial charge in [-0.05, 0) is 24.5 Å². The molecular formula is C22H26N2O2. The molecule has 0 aliphatic carbocycles. The molecule has 1 heterocycles. The van der Waals surface area contributed by atoms with E-state index in [-0.39, 0.29) is 17.7 Å². The number of hydrogen-bond donors (Lipinski definition) is 1. The molecule has 2 amide bonds. The van der Waals surface area contributed by atoms with Gasteiger partial charge in [-0.1, -0.05) is 60.2 Å². The Morgan fingerprint density at radius 3 is 2.42 bits per heavy atom. The van der Waals surface area contributed by atoms with E-state index in [1.807, 2.05) is 23.1 Å². The number of hydrogen-bond acceptors (Lipinski definition) is 2. The van der Waals surface area contributed by atoms with Crippen molar-refractivity contribution < 1.29 is 9.59 Å². The molecule has 0 radical (unpaired) electrons. The third kappa shape index (κ3) is 4.72. The SMILES string of the molecule is Cc1ccc([C@@H](CC(=O)NCCN2CCCC2=O)c2ccccc2)cc1. The topological polar surface area (TPSA) is 49.4 Å². The van der Waals surface area contributed by atoms with Crippen LogP contribution in [0.1, 0.15) is 41.9 Å². The fourth-order valence-electron chi connectivity index (χ4n) is 3.44. The summed E-state index contributed by atoms with van der Waals surface area (Å²) in [5, 5.41) is 2.98. The Hall–Kier alpha value is -2.62. The van der Waals surface area contributed by atoms with Gasteiger partial charge in [0.2, 0.25) is 11.8 Å². The highest BCUT2D eigenvalue weighted by Gasteiger charge is 2.21. The van der Waals surface area contributed by atoms with Crippen molar-refractivity contribution in [1.82, 2.24) is 10.2 Å². The Bertz CT molecular complexity index is 740. The molecule has 3 rings (SSSR count). The third-order valence-corrected chi connectivity index (χ3v) is 4.95. The van der Waals surface area contributed by atoms with Crippen LogP contribution in [0.2, 0.25) is 0 Å². The van der Waals surface area contributed by atoms with Crippen molar-refractivity contribution in [2.24, 2.45) is 0 Å². The lowest BCUT2D eigenvalue weighted by molar-refractivity contribution is -0.128. The molecule has 0 bridgehead atoms. The highest BCUT2D eigenvalue weighted by molar-refractivity contribution is 5.79. The van der Waals surface area contributed by atoms with Crippen molar-refractivity contribution in [3.63, 3.8) is 0 Å². The molecule has 2 aromatic rings. The molecule has 1 saturated heterocycles. The fourth-order valence-corrected chi connectivity index (χ4v) is 3.44. The van der Waals surface area contributed by atoms with Gasteiger partial charge in [-0.2, -0.15) is 0 Å². The van der Waals surface area contributed by atoms with E-state index in [1.165, 1.54) is 5.56 Å². The van der Waals surface area contributed by atoms with E-state index in [0.29, 0.717) is 25.9 Å². The first kappa shape index (κ1) is 18.2. The van der Waals surface area contributed by atoms with Crippen molar-refractivity contribution in [2.45, 2.75) is 32.1 Å². The van der Waals surface area contributed by atoms with Crippen LogP contribution in [0.4, 0.5) is 0 Å². The molecule has 0 spiro atoms. The molecule has 1 fully saturated rings. The van der Waals surface area contributed by atoms with Crippen molar-refractivity contribution >= 4 is 11.8 Å². The van der Waals surface area contributed by atoms with E-state index < -0.39 is 0 Å². The number of aryl methyl sites for hydroxylation is 1. The summed E-state index contributed by atoms with van der Waals surface area (Å²) in [5.41, 5.74) is 3.49. The van der Waals surface area contributed by atoms with Crippen molar-refractivity contribution in [3.05, 3.63) is 71.3 Å². The second-order valence-electron chi connectivity index (χ2n) is 6.91. The highest BCUT2D eigenvalue weighted by Crippen LogP contribution is 2.28. The van der Waals surface area contributed by atoms with Gasteiger partial charge >= 0.3 is 0 Å². The zero-order valence-corrected chi connectivity index (χ0v) is 15.3. The molecule has 0 aromatic heterocycles. The average Bonchev–Trinajstić information content (AvgIpc) is 3.06. The van der Waals surface area contributed by atoms with Crippen molar-refractivity contribution in [1.29, 1.82) is 0 Å². The molecule has 0 unspecified atom stereocenters. The lowest BCUT2D eigenvalue weighted by atomic mass is 9.88. The van der Waals surface area contributed by atoms with Gasteiger partial charge in [0, 0.05) is 38.4 Å². The number of likely N-dealkylation sites (tertiary alicyclic amines) is 1. The smallest absolute Gasteiger partial charge is 0.222 e. The number of amides is 2. The van der Waals surface area contributed by atoms with Crippen LogP contribution >= 0.6 is 0 Å². The van der Waals surface area contributed by atoms with Crippen LogP contribution in [-0.2, 0) is 9.59 Å². The van der Waals surface area contributed by atoms with E-state index in [2.05, 4.69) is 48.6 Å². The third-order valence-electron chi connectivity index (χ3n) is 4.95. The molecule has 26 heavy (non-hydrogen) atoms. The first-order valence-corrected chi connectivity index (χ1v) is 9.29. The van der Waals surface area contributed by atoms with Gasteiger partial charge in [-0.15, -0.1) is 0 Å². The van der Waals surface area contributed by atoms with E-state index >= 15 is 0 Å². The van der Waals surface area contributed by atoms with Gasteiger partial charge in [0.25, 0.3) is 0 Å². The Morgan fingerprint density at radius 1 is 1.08 bits per heavy atom.